The normalized spacial score (nSPS) is 12.0. The van der Waals surface area contributed by atoms with Crippen LogP contribution in [-0.4, -0.2) is 63.3 Å². The Hall–Kier alpha value is -2.15. The van der Waals surface area contributed by atoms with Gasteiger partial charge in [0.15, 0.2) is 0 Å². The number of allylic oxidation sites excluding steroid dienone is 4. The Morgan fingerprint density at radius 1 is 0.489 bits per heavy atom. The number of rotatable bonds is 33. The summed E-state index contributed by atoms with van der Waals surface area (Å²) in [6, 6.07) is 0. The van der Waals surface area contributed by atoms with Crippen molar-refractivity contribution in [2.45, 2.75) is 168 Å². The molecule has 7 nitrogen and oxygen atoms in total. The predicted molar refractivity (Wildman–Crippen MR) is 195 cm³/mol. The molecule has 0 amide bonds. The highest BCUT2D eigenvalue weighted by atomic mass is 16.6. The van der Waals surface area contributed by atoms with Crippen LogP contribution < -0.4 is 0 Å². The van der Waals surface area contributed by atoms with Crippen molar-refractivity contribution in [1.82, 2.24) is 4.90 Å². The fraction of sp³-hybridized carbons (Fsp3) is 0.825. The van der Waals surface area contributed by atoms with Crippen LogP contribution in [0.15, 0.2) is 24.3 Å². The van der Waals surface area contributed by atoms with Gasteiger partial charge in [-0.3, -0.25) is 14.4 Å². The number of ether oxygens (including phenoxy) is 3. The zero-order valence-corrected chi connectivity index (χ0v) is 31.3. The standard InChI is InChI=1S/C40H73NO6/c1-6-8-10-12-14-16-18-20-22-24-26-30-37(42)45-34-40(3,36-47-39(44)32-28-29-33-41(4)5)35-46-38(43)31-27-25-23-21-19-17-15-13-11-9-7-2/h12-15H,6-11,16-36H2,1-5H3/b14-12-,15-13-. The van der Waals surface area contributed by atoms with E-state index in [0.29, 0.717) is 19.3 Å². The molecule has 0 saturated carbocycles. The summed E-state index contributed by atoms with van der Waals surface area (Å²) < 4.78 is 16.8. The molecule has 0 aromatic heterocycles. The maximum Gasteiger partial charge on any atom is 0.305 e. The molecule has 0 N–H and O–H groups in total. The van der Waals surface area contributed by atoms with E-state index in [4.69, 9.17) is 14.2 Å². The molecule has 0 aliphatic heterocycles. The van der Waals surface area contributed by atoms with E-state index < -0.39 is 5.41 Å². The molecule has 0 fully saturated rings. The number of esters is 3. The number of unbranched alkanes of at least 4 members (excludes halogenated alkanes) is 15. The van der Waals surface area contributed by atoms with Gasteiger partial charge >= 0.3 is 17.9 Å². The van der Waals surface area contributed by atoms with Gasteiger partial charge in [-0.05, 0) is 91.8 Å². The van der Waals surface area contributed by atoms with Gasteiger partial charge in [-0.25, -0.2) is 0 Å². The van der Waals surface area contributed by atoms with Crippen molar-refractivity contribution >= 4 is 17.9 Å². The van der Waals surface area contributed by atoms with Gasteiger partial charge < -0.3 is 19.1 Å². The van der Waals surface area contributed by atoms with Gasteiger partial charge in [0.05, 0.1) is 5.41 Å². The average molecular weight is 664 g/mol. The zero-order valence-electron chi connectivity index (χ0n) is 31.3. The molecule has 0 atom stereocenters. The third kappa shape index (κ3) is 32.2. The Morgan fingerprint density at radius 3 is 1.17 bits per heavy atom. The molecule has 0 aromatic carbocycles. The largest absolute Gasteiger partial charge is 0.465 e. The minimum absolute atomic E-state index is 0.0415. The van der Waals surface area contributed by atoms with Crippen LogP contribution in [0.25, 0.3) is 0 Å². The smallest absolute Gasteiger partial charge is 0.305 e. The summed E-state index contributed by atoms with van der Waals surface area (Å²) in [4.78, 5) is 39.6. The lowest BCUT2D eigenvalue weighted by molar-refractivity contribution is -0.160. The van der Waals surface area contributed by atoms with Crippen LogP contribution >= 0.6 is 0 Å². The van der Waals surface area contributed by atoms with E-state index in [1.807, 2.05) is 21.0 Å². The van der Waals surface area contributed by atoms with E-state index in [-0.39, 0.29) is 37.7 Å². The molecule has 0 bridgehead atoms. The van der Waals surface area contributed by atoms with Gasteiger partial charge in [-0.1, -0.05) is 102 Å². The van der Waals surface area contributed by atoms with Gasteiger partial charge in [-0.15, -0.1) is 0 Å². The summed E-state index contributed by atoms with van der Waals surface area (Å²) in [5, 5.41) is 0. The molecule has 0 rings (SSSR count). The average Bonchev–Trinajstić information content (AvgIpc) is 3.05. The second kappa shape index (κ2) is 32.4. The molecule has 0 saturated heterocycles. The van der Waals surface area contributed by atoms with Crippen LogP contribution in [-0.2, 0) is 28.6 Å². The SMILES string of the molecule is CCCC/C=C\CCCCCCCC(=O)OCC(C)(COC(=O)CCCCCCC/C=C\CCCC)COC(=O)CCCCN(C)C. The maximum absolute atomic E-state index is 12.5. The Morgan fingerprint density at radius 2 is 0.809 bits per heavy atom. The predicted octanol–water partition coefficient (Wildman–Crippen LogP) is 10.3. The minimum atomic E-state index is -0.792. The Kier molecular flexibility index (Phi) is 30.9. The minimum Gasteiger partial charge on any atom is -0.465 e. The lowest BCUT2D eigenvalue weighted by atomic mass is 9.94. The molecule has 274 valence electrons. The number of nitrogens with zero attached hydrogens (tertiary/aromatic N) is 1. The fourth-order valence-electron chi connectivity index (χ4n) is 5.04. The van der Waals surface area contributed by atoms with E-state index in [1.54, 1.807) is 0 Å². The monoisotopic (exact) mass is 664 g/mol. The quantitative estimate of drug-likeness (QED) is 0.0299. The molecule has 0 heterocycles. The molecule has 0 aliphatic rings. The number of carbonyl (C=O) groups excluding carboxylic acids is 3. The van der Waals surface area contributed by atoms with Gasteiger partial charge in [-0.2, -0.15) is 0 Å². The fourth-order valence-corrected chi connectivity index (χ4v) is 5.04. The van der Waals surface area contributed by atoms with Crippen molar-refractivity contribution in [1.29, 1.82) is 0 Å². The molecule has 0 radical (unpaired) electrons. The topological polar surface area (TPSA) is 82.1 Å². The third-order valence-corrected chi connectivity index (χ3v) is 8.27. The molecular weight excluding hydrogens is 590 g/mol. The van der Waals surface area contributed by atoms with Crippen LogP contribution in [0.3, 0.4) is 0 Å². The van der Waals surface area contributed by atoms with Crippen molar-refractivity contribution < 1.29 is 28.6 Å². The lowest BCUT2D eigenvalue weighted by Gasteiger charge is -2.28. The van der Waals surface area contributed by atoms with Crippen molar-refractivity contribution in [2.75, 3.05) is 40.5 Å². The summed E-state index contributed by atoms with van der Waals surface area (Å²) >= 11 is 0. The molecule has 0 unspecified atom stereocenters. The Balaban J connectivity index is 4.48. The summed E-state index contributed by atoms with van der Waals surface area (Å²) in [5.41, 5.74) is -0.792. The van der Waals surface area contributed by atoms with E-state index in [2.05, 4.69) is 43.1 Å². The highest BCUT2D eigenvalue weighted by Crippen LogP contribution is 2.21. The first-order valence-corrected chi connectivity index (χ1v) is 19.1. The van der Waals surface area contributed by atoms with Gasteiger partial charge in [0.25, 0.3) is 0 Å². The summed E-state index contributed by atoms with van der Waals surface area (Å²) in [7, 11) is 4.02. The first-order valence-electron chi connectivity index (χ1n) is 19.1. The van der Waals surface area contributed by atoms with Crippen LogP contribution in [0.5, 0.6) is 0 Å². The van der Waals surface area contributed by atoms with Crippen molar-refractivity contribution in [2.24, 2.45) is 5.41 Å². The number of hydrogen-bond acceptors (Lipinski definition) is 7. The molecule has 47 heavy (non-hydrogen) atoms. The first-order chi connectivity index (χ1) is 22.7. The van der Waals surface area contributed by atoms with Gasteiger partial charge in [0.2, 0.25) is 0 Å². The maximum atomic E-state index is 12.5. The van der Waals surface area contributed by atoms with E-state index >= 15 is 0 Å². The third-order valence-electron chi connectivity index (χ3n) is 8.27. The molecule has 0 spiro atoms. The molecule has 0 aromatic rings. The van der Waals surface area contributed by atoms with Crippen molar-refractivity contribution in [3.05, 3.63) is 24.3 Å². The molecule has 7 heteroatoms. The molecular formula is C40H73NO6. The van der Waals surface area contributed by atoms with Gasteiger partial charge in [0, 0.05) is 19.3 Å². The highest BCUT2D eigenvalue weighted by molar-refractivity contribution is 5.70. The Bertz CT molecular complexity index is 774. The Labute approximate surface area is 289 Å². The van der Waals surface area contributed by atoms with Crippen molar-refractivity contribution in [3.8, 4) is 0 Å². The van der Waals surface area contributed by atoms with Crippen LogP contribution in [0.1, 0.15) is 168 Å². The highest BCUT2D eigenvalue weighted by Gasteiger charge is 2.30. The number of hydrogen-bond donors (Lipinski definition) is 0. The molecule has 0 aliphatic carbocycles. The van der Waals surface area contributed by atoms with E-state index in [0.717, 1.165) is 70.8 Å². The first kappa shape index (κ1) is 44.9. The van der Waals surface area contributed by atoms with Crippen LogP contribution in [0, 0.1) is 5.41 Å². The zero-order chi connectivity index (χ0) is 34.9. The van der Waals surface area contributed by atoms with E-state index in [9.17, 15) is 14.4 Å². The van der Waals surface area contributed by atoms with Crippen molar-refractivity contribution in [3.63, 3.8) is 0 Å². The van der Waals surface area contributed by atoms with Crippen LogP contribution in [0.4, 0.5) is 0 Å². The summed E-state index contributed by atoms with van der Waals surface area (Å²) in [5.74, 6) is -0.790. The van der Waals surface area contributed by atoms with Gasteiger partial charge in [0.1, 0.15) is 19.8 Å². The summed E-state index contributed by atoms with van der Waals surface area (Å²) in [6.07, 6.45) is 32.1. The second-order valence-electron chi connectivity index (χ2n) is 13.9. The second-order valence-corrected chi connectivity index (χ2v) is 13.9. The van der Waals surface area contributed by atoms with E-state index in [1.165, 1.54) is 64.2 Å². The lowest BCUT2D eigenvalue weighted by Crippen LogP contribution is -2.37. The van der Waals surface area contributed by atoms with Crippen LogP contribution in [0.2, 0.25) is 0 Å². The number of carbonyl (C=O) groups is 3. The summed E-state index contributed by atoms with van der Waals surface area (Å²) in [6.45, 7) is 7.33.